The zero-order chi connectivity index (χ0) is 13.0. The van der Waals surface area contributed by atoms with Crippen molar-refractivity contribution in [2.24, 2.45) is 0 Å². The summed E-state index contributed by atoms with van der Waals surface area (Å²) < 4.78 is 18.8. The van der Waals surface area contributed by atoms with Crippen LogP contribution in [0.1, 0.15) is 12.0 Å². The fourth-order valence-corrected chi connectivity index (χ4v) is 1.90. The van der Waals surface area contributed by atoms with Gasteiger partial charge in [0.05, 0.1) is 18.9 Å². The highest BCUT2D eigenvalue weighted by Gasteiger charge is 2.17. The lowest BCUT2D eigenvalue weighted by Crippen LogP contribution is -2.43. The minimum absolute atomic E-state index is 0.00672. The second-order valence-corrected chi connectivity index (χ2v) is 4.46. The number of rotatable bonds is 3. The van der Waals surface area contributed by atoms with Crippen molar-refractivity contribution in [1.29, 1.82) is 0 Å². The van der Waals surface area contributed by atoms with Gasteiger partial charge in [0.2, 0.25) is 5.91 Å². The Bertz CT molecular complexity index is 431. The minimum Gasteiger partial charge on any atom is -0.378 e. The van der Waals surface area contributed by atoms with Crippen molar-refractivity contribution in [2.45, 2.75) is 19.4 Å². The summed E-state index contributed by atoms with van der Waals surface area (Å²) in [7, 11) is 0. The van der Waals surface area contributed by atoms with Gasteiger partial charge in [0.1, 0.15) is 5.82 Å². The maximum absolute atomic E-state index is 13.5. The molecule has 18 heavy (non-hydrogen) atoms. The monoisotopic (exact) mass is 252 g/mol. The predicted molar refractivity (Wildman–Crippen MR) is 67.0 cm³/mol. The number of carbonyl (C=O) groups excluding carboxylic acids is 1. The Morgan fingerprint density at radius 1 is 1.61 bits per heavy atom. The Hall–Kier alpha value is -1.46. The molecule has 1 aromatic carbocycles. The molecule has 1 saturated heterocycles. The number of halogens is 1. The van der Waals surface area contributed by atoms with Crippen LogP contribution in [0.4, 0.5) is 10.1 Å². The lowest BCUT2D eigenvalue weighted by Gasteiger charge is -2.23. The molecule has 2 N–H and O–H groups in total. The summed E-state index contributed by atoms with van der Waals surface area (Å²) in [5.41, 5.74) is 1.05. The highest BCUT2D eigenvalue weighted by Crippen LogP contribution is 2.15. The van der Waals surface area contributed by atoms with Crippen molar-refractivity contribution in [3.63, 3.8) is 0 Å². The first-order valence-electron chi connectivity index (χ1n) is 6.02. The Kier molecular flexibility index (Phi) is 4.28. The number of amides is 1. The molecule has 1 aliphatic rings. The third-order valence-corrected chi connectivity index (χ3v) is 2.83. The van der Waals surface area contributed by atoms with Gasteiger partial charge in [-0.25, -0.2) is 4.39 Å². The summed E-state index contributed by atoms with van der Waals surface area (Å²) >= 11 is 0. The zero-order valence-corrected chi connectivity index (χ0v) is 10.3. The maximum Gasteiger partial charge on any atom is 0.226 e. The van der Waals surface area contributed by atoms with Crippen molar-refractivity contribution in [3.05, 3.63) is 29.6 Å². The third-order valence-electron chi connectivity index (χ3n) is 2.83. The Labute approximate surface area is 106 Å². The second-order valence-electron chi connectivity index (χ2n) is 4.46. The molecule has 1 aliphatic heterocycles. The van der Waals surface area contributed by atoms with Crippen molar-refractivity contribution < 1.29 is 13.9 Å². The first-order chi connectivity index (χ1) is 8.65. The molecule has 1 fully saturated rings. The van der Waals surface area contributed by atoms with Gasteiger partial charge in [0, 0.05) is 19.0 Å². The number of morpholine rings is 1. The normalized spacial score (nSPS) is 19.6. The SMILES string of the molecule is Cc1ccc(NC(=O)CC2COCCN2)c(F)c1. The molecule has 0 spiro atoms. The van der Waals surface area contributed by atoms with Gasteiger partial charge in [0.25, 0.3) is 0 Å². The molecular formula is C13H17FN2O2. The van der Waals surface area contributed by atoms with E-state index in [9.17, 15) is 9.18 Å². The van der Waals surface area contributed by atoms with E-state index in [1.165, 1.54) is 6.07 Å². The Morgan fingerprint density at radius 3 is 3.11 bits per heavy atom. The molecule has 1 aromatic rings. The molecule has 0 aliphatic carbocycles. The van der Waals surface area contributed by atoms with Crippen molar-refractivity contribution in [2.75, 3.05) is 25.1 Å². The fourth-order valence-electron chi connectivity index (χ4n) is 1.90. The van der Waals surface area contributed by atoms with Crippen molar-refractivity contribution in [1.82, 2.24) is 5.32 Å². The number of carbonyl (C=O) groups is 1. The lowest BCUT2D eigenvalue weighted by molar-refractivity contribution is -0.117. The van der Waals surface area contributed by atoms with Gasteiger partial charge in [-0.15, -0.1) is 0 Å². The molecule has 5 heteroatoms. The summed E-state index contributed by atoms with van der Waals surface area (Å²) in [6.07, 6.45) is 0.285. The summed E-state index contributed by atoms with van der Waals surface area (Å²) in [6.45, 7) is 3.74. The first-order valence-corrected chi connectivity index (χ1v) is 6.02. The van der Waals surface area contributed by atoms with Crippen LogP contribution in [0.5, 0.6) is 0 Å². The molecule has 2 rings (SSSR count). The number of benzene rings is 1. The molecule has 1 heterocycles. The molecule has 1 unspecified atom stereocenters. The summed E-state index contributed by atoms with van der Waals surface area (Å²) in [4.78, 5) is 11.7. The van der Waals surface area contributed by atoms with Gasteiger partial charge in [-0.3, -0.25) is 4.79 Å². The average molecular weight is 252 g/mol. The molecule has 4 nitrogen and oxygen atoms in total. The summed E-state index contributed by atoms with van der Waals surface area (Å²) in [5, 5.41) is 5.76. The molecule has 0 aromatic heterocycles. The number of ether oxygens (including phenoxy) is 1. The average Bonchev–Trinajstić information content (AvgIpc) is 2.34. The topological polar surface area (TPSA) is 50.4 Å². The number of nitrogens with one attached hydrogen (secondary N) is 2. The molecule has 98 valence electrons. The van der Waals surface area contributed by atoms with Crippen LogP contribution < -0.4 is 10.6 Å². The quantitative estimate of drug-likeness (QED) is 0.856. The number of hydrogen-bond acceptors (Lipinski definition) is 3. The maximum atomic E-state index is 13.5. The first kappa shape index (κ1) is 13.0. The molecule has 1 atom stereocenters. The second kappa shape index (κ2) is 5.93. The Morgan fingerprint density at radius 2 is 2.44 bits per heavy atom. The van der Waals surface area contributed by atoms with E-state index in [0.29, 0.717) is 13.2 Å². The van der Waals surface area contributed by atoms with E-state index in [1.54, 1.807) is 19.1 Å². The number of aryl methyl sites for hydroxylation is 1. The number of anilines is 1. The van der Waals surface area contributed by atoms with Crippen LogP contribution in [-0.4, -0.2) is 31.7 Å². The van der Waals surface area contributed by atoms with E-state index in [4.69, 9.17) is 4.74 Å². The van der Waals surface area contributed by atoms with Gasteiger partial charge < -0.3 is 15.4 Å². The highest BCUT2D eigenvalue weighted by atomic mass is 19.1. The van der Waals surface area contributed by atoms with Crippen LogP contribution in [0.25, 0.3) is 0 Å². The molecule has 0 saturated carbocycles. The van der Waals surface area contributed by atoms with Crippen LogP contribution in [0.3, 0.4) is 0 Å². The van der Waals surface area contributed by atoms with Crippen LogP contribution >= 0.6 is 0 Å². The van der Waals surface area contributed by atoms with Crippen LogP contribution in [0, 0.1) is 12.7 Å². The molecular weight excluding hydrogens is 235 g/mol. The highest BCUT2D eigenvalue weighted by molar-refractivity contribution is 5.91. The van der Waals surface area contributed by atoms with Gasteiger partial charge in [-0.2, -0.15) is 0 Å². The van der Waals surface area contributed by atoms with Gasteiger partial charge in [-0.05, 0) is 24.6 Å². The van der Waals surface area contributed by atoms with Gasteiger partial charge in [0.15, 0.2) is 0 Å². The molecule has 0 bridgehead atoms. The summed E-state index contributed by atoms with van der Waals surface area (Å²) in [6, 6.07) is 4.75. The molecule has 1 amide bonds. The van der Waals surface area contributed by atoms with Gasteiger partial charge >= 0.3 is 0 Å². The van der Waals surface area contributed by atoms with Crippen molar-refractivity contribution >= 4 is 11.6 Å². The Balaban J connectivity index is 1.90. The van der Waals surface area contributed by atoms with E-state index in [-0.39, 0.29) is 24.1 Å². The van der Waals surface area contributed by atoms with Gasteiger partial charge in [-0.1, -0.05) is 6.07 Å². The van der Waals surface area contributed by atoms with Crippen molar-refractivity contribution in [3.8, 4) is 0 Å². The fraction of sp³-hybridized carbons (Fsp3) is 0.462. The van der Waals surface area contributed by atoms with E-state index in [2.05, 4.69) is 10.6 Å². The minimum atomic E-state index is -0.406. The third kappa shape index (κ3) is 3.51. The van der Waals surface area contributed by atoms with Crippen LogP contribution in [0.2, 0.25) is 0 Å². The molecule has 0 radical (unpaired) electrons. The van der Waals surface area contributed by atoms with E-state index >= 15 is 0 Å². The standard InChI is InChI=1S/C13H17FN2O2/c1-9-2-3-12(11(14)6-9)16-13(17)7-10-8-18-5-4-15-10/h2-3,6,10,15H,4-5,7-8H2,1H3,(H,16,17). The predicted octanol–water partition coefficient (Wildman–Crippen LogP) is 1.45. The lowest BCUT2D eigenvalue weighted by atomic mass is 10.1. The largest absolute Gasteiger partial charge is 0.378 e. The van der Waals surface area contributed by atoms with E-state index in [0.717, 1.165) is 12.1 Å². The van der Waals surface area contributed by atoms with Crippen LogP contribution in [-0.2, 0) is 9.53 Å². The number of hydrogen-bond donors (Lipinski definition) is 2. The summed E-state index contributed by atoms with van der Waals surface area (Å²) in [5.74, 6) is -0.614. The smallest absolute Gasteiger partial charge is 0.226 e. The van der Waals surface area contributed by atoms with E-state index in [1.807, 2.05) is 0 Å². The van der Waals surface area contributed by atoms with Crippen LogP contribution in [0.15, 0.2) is 18.2 Å². The zero-order valence-electron chi connectivity index (χ0n) is 10.3. The van der Waals surface area contributed by atoms with E-state index < -0.39 is 5.82 Å².